The number of unbranched alkanes of at least 4 members (excludes halogenated alkanes) is 1. The molecule has 0 aliphatic heterocycles. The fourth-order valence-electron chi connectivity index (χ4n) is 0.589. The molecule has 1 aromatic rings. The maximum absolute atomic E-state index is 7.51. The van der Waals surface area contributed by atoms with E-state index in [-0.39, 0.29) is 0 Å². The Morgan fingerprint density at radius 1 is 1.12 bits per heavy atom. The largest absolute Gasteiger partial charge is 0.193 e. The SMILES string of the molecule is C=CC#N.C=Cc1ccccc1.CCCC. The first-order valence-electron chi connectivity index (χ1n) is 5.44. The molecule has 0 heterocycles. The van der Waals surface area contributed by atoms with Crippen molar-refractivity contribution in [3.05, 3.63) is 55.1 Å². The van der Waals surface area contributed by atoms with Gasteiger partial charge in [0.2, 0.25) is 0 Å². The van der Waals surface area contributed by atoms with Gasteiger partial charge in [0, 0.05) is 6.08 Å². The standard InChI is InChI=1S/C8H8.C4H10.C3H3N/c1-2-8-6-4-3-5-7-8;1-3-4-2;1-2-3-4/h2-7H,1H2;3-4H2,1-2H3;2H,1H2. The van der Waals surface area contributed by atoms with Crippen molar-refractivity contribution < 1.29 is 0 Å². The van der Waals surface area contributed by atoms with E-state index in [4.69, 9.17) is 5.26 Å². The maximum atomic E-state index is 7.51. The van der Waals surface area contributed by atoms with E-state index in [0.29, 0.717) is 0 Å². The predicted molar refractivity (Wildman–Crippen MR) is 72.9 cm³/mol. The molecule has 0 N–H and O–H groups in total. The number of hydrogen-bond donors (Lipinski definition) is 0. The van der Waals surface area contributed by atoms with Crippen molar-refractivity contribution in [2.75, 3.05) is 0 Å². The molecule has 0 aliphatic rings. The number of nitriles is 1. The molecular weight excluding hydrogens is 194 g/mol. The quantitative estimate of drug-likeness (QED) is 0.648. The Balaban J connectivity index is 0. The van der Waals surface area contributed by atoms with Gasteiger partial charge in [-0.25, -0.2) is 0 Å². The number of hydrogen-bond acceptors (Lipinski definition) is 1. The summed E-state index contributed by atoms with van der Waals surface area (Å²) in [6, 6.07) is 11.7. The van der Waals surface area contributed by atoms with Crippen LogP contribution in [0.3, 0.4) is 0 Å². The third kappa shape index (κ3) is 14.7. The van der Waals surface area contributed by atoms with Crippen molar-refractivity contribution >= 4 is 6.08 Å². The van der Waals surface area contributed by atoms with Gasteiger partial charge in [0.15, 0.2) is 0 Å². The molecule has 0 aliphatic carbocycles. The Morgan fingerprint density at radius 3 is 1.75 bits per heavy atom. The molecule has 0 saturated carbocycles. The molecule has 0 saturated heterocycles. The van der Waals surface area contributed by atoms with Gasteiger partial charge < -0.3 is 0 Å². The van der Waals surface area contributed by atoms with Crippen LogP contribution >= 0.6 is 0 Å². The predicted octanol–water partition coefficient (Wildman–Crippen LogP) is 4.83. The summed E-state index contributed by atoms with van der Waals surface area (Å²) in [5.74, 6) is 0. The molecular formula is C15H21N. The Labute approximate surface area is 99.7 Å². The molecule has 86 valence electrons. The molecule has 0 radical (unpaired) electrons. The highest BCUT2D eigenvalue weighted by Crippen LogP contribution is 1.97. The normalized spacial score (nSPS) is 7.06. The van der Waals surface area contributed by atoms with Gasteiger partial charge in [0.25, 0.3) is 0 Å². The summed E-state index contributed by atoms with van der Waals surface area (Å²) < 4.78 is 0. The molecule has 0 fully saturated rings. The molecule has 1 heteroatoms. The van der Waals surface area contributed by atoms with Gasteiger partial charge in [-0.2, -0.15) is 5.26 Å². The first-order chi connectivity index (χ1) is 7.76. The van der Waals surface area contributed by atoms with Crippen LogP contribution in [0, 0.1) is 11.3 Å². The second kappa shape index (κ2) is 15.7. The molecule has 0 spiro atoms. The van der Waals surface area contributed by atoms with Crippen LogP contribution in [0.4, 0.5) is 0 Å². The van der Waals surface area contributed by atoms with Crippen molar-refractivity contribution in [1.29, 1.82) is 5.26 Å². The van der Waals surface area contributed by atoms with E-state index >= 15 is 0 Å². The van der Waals surface area contributed by atoms with Gasteiger partial charge in [0.1, 0.15) is 0 Å². The fourth-order valence-corrected chi connectivity index (χ4v) is 0.589. The second-order valence-electron chi connectivity index (χ2n) is 2.95. The molecule has 0 atom stereocenters. The lowest BCUT2D eigenvalue weighted by molar-refractivity contribution is 0.886. The van der Waals surface area contributed by atoms with Gasteiger partial charge in [-0.15, -0.1) is 0 Å². The van der Waals surface area contributed by atoms with Crippen molar-refractivity contribution in [3.8, 4) is 6.07 Å². The zero-order chi connectivity index (χ0) is 12.6. The Kier molecular flexibility index (Phi) is 16.3. The second-order valence-corrected chi connectivity index (χ2v) is 2.95. The fraction of sp³-hybridized carbons (Fsp3) is 0.267. The van der Waals surface area contributed by atoms with Crippen molar-refractivity contribution in [1.82, 2.24) is 0 Å². The minimum Gasteiger partial charge on any atom is -0.193 e. The molecule has 1 rings (SSSR count). The lowest BCUT2D eigenvalue weighted by Crippen LogP contribution is -1.63. The minimum absolute atomic E-state index is 1.17. The monoisotopic (exact) mass is 215 g/mol. The molecule has 16 heavy (non-hydrogen) atoms. The van der Waals surface area contributed by atoms with E-state index in [9.17, 15) is 0 Å². The maximum Gasteiger partial charge on any atom is 0.0905 e. The van der Waals surface area contributed by atoms with Crippen LogP contribution < -0.4 is 0 Å². The highest BCUT2D eigenvalue weighted by molar-refractivity contribution is 5.45. The number of benzene rings is 1. The highest BCUT2D eigenvalue weighted by atomic mass is 14.2. The van der Waals surface area contributed by atoms with E-state index in [1.54, 1.807) is 6.07 Å². The summed E-state index contributed by atoms with van der Waals surface area (Å²) in [7, 11) is 0. The van der Waals surface area contributed by atoms with Crippen LogP contribution in [0.2, 0.25) is 0 Å². The van der Waals surface area contributed by atoms with Crippen molar-refractivity contribution in [2.45, 2.75) is 26.7 Å². The summed E-state index contributed by atoms with van der Waals surface area (Å²) in [6.07, 6.45) is 5.65. The van der Waals surface area contributed by atoms with E-state index < -0.39 is 0 Å². The van der Waals surface area contributed by atoms with Crippen LogP contribution in [-0.4, -0.2) is 0 Å². The average molecular weight is 215 g/mol. The number of nitrogens with zero attached hydrogens (tertiary/aromatic N) is 1. The van der Waals surface area contributed by atoms with Gasteiger partial charge in [-0.05, 0) is 5.56 Å². The molecule has 0 amide bonds. The summed E-state index contributed by atoms with van der Waals surface area (Å²) in [4.78, 5) is 0. The van der Waals surface area contributed by atoms with Gasteiger partial charge >= 0.3 is 0 Å². The van der Waals surface area contributed by atoms with E-state index in [1.165, 1.54) is 24.5 Å². The van der Waals surface area contributed by atoms with Crippen LogP contribution in [0.15, 0.2) is 49.6 Å². The van der Waals surface area contributed by atoms with E-state index in [1.807, 2.05) is 36.4 Å². The van der Waals surface area contributed by atoms with Crippen LogP contribution in [0.25, 0.3) is 6.08 Å². The third-order valence-corrected chi connectivity index (χ3v) is 1.63. The Morgan fingerprint density at radius 2 is 1.56 bits per heavy atom. The van der Waals surface area contributed by atoms with Crippen molar-refractivity contribution in [2.24, 2.45) is 0 Å². The number of rotatable bonds is 2. The first-order valence-corrected chi connectivity index (χ1v) is 5.44. The van der Waals surface area contributed by atoms with Gasteiger partial charge in [-0.3, -0.25) is 0 Å². The van der Waals surface area contributed by atoms with Crippen molar-refractivity contribution in [3.63, 3.8) is 0 Å². The highest BCUT2D eigenvalue weighted by Gasteiger charge is 1.75. The smallest absolute Gasteiger partial charge is 0.0905 e. The van der Waals surface area contributed by atoms with Crippen LogP contribution in [-0.2, 0) is 0 Å². The summed E-state index contributed by atoms with van der Waals surface area (Å²) in [5.41, 5.74) is 1.17. The van der Waals surface area contributed by atoms with E-state index in [0.717, 1.165) is 0 Å². The molecule has 1 nitrogen and oxygen atoms in total. The lowest BCUT2D eigenvalue weighted by Gasteiger charge is -1.85. The zero-order valence-electron chi connectivity index (χ0n) is 10.3. The molecule has 1 aromatic carbocycles. The average Bonchev–Trinajstić information content (AvgIpc) is 2.40. The Bertz CT molecular complexity index is 291. The topological polar surface area (TPSA) is 23.8 Å². The van der Waals surface area contributed by atoms with E-state index in [2.05, 4.69) is 27.0 Å². The molecule has 0 unspecified atom stereocenters. The lowest BCUT2D eigenvalue weighted by atomic mass is 10.2. The van der Waals surface area contributed by atoms with Crippen LogP contribution in [0.1, 0.15) is 32.3 Å². The van der Waals surface area contributed by atoms with Gasteiger partial charge in [0.05, 0.1) is 6.07 Å². The molecule has 0 bridgehead atoms. The third-order valence-electron chi connectivity index (χ3n) is 1.63. The summed E-state index contributed by atoms with van der Waals surface area (Å²) in [6.45, 7) is 11.1. The summed E-state index contributed by atoms with van der Waals surface area (Å²) >= 11 is 0. The van der Waals surface area contributed by atoms with Crippen LogP contribution in [0.5, 0.6) is 0 Å². The minimum atomic E-state index is 1.17. The molecule has 0 aromatic heterocycles. The van der Waals surface area contributed by atoms with Gasteiger partial charge in [-0.1, -0.05) is 76.3 Å². The first kappa shape index (κ1) is 16.6. The zero-order valence-corrected chi connectivity index (χ0v) is 10.3. The summed E-state index contributed by atoms with van der Waals surface area (Å²) in [5, 5.41) is 7.51. The Hall–Kier alpha value is -1.81. The number of allylic oxidation sites excluding steroid dienone is 1.